The van der Waals surface area contributed by atoms with E-state index in [0.717, 1.165) is 55.1 Å². The maximum atomic E-state index is 6.56. The van der Waals surface area contributed by atoms with Crippen molar-refractivity contribution in [3.8, 4) is 22.3 Å². The molecule has 240 valence electrons. The summed E-state index contributed by atoms with van der Waals surface area (Å²) in [4.78, 5) is 5.09. The highest BCUT2D eigenvalue weighted by molar-refractivity contribution is 6.23. The third-order valence-electron chi connectivity index (χ3n) is 11.1. The summed E-state index contributed by atoms with van der Waals surface area (Å²) in [5, 5.41) is 13.2. The maximum Gasteiger partial charge on any atom is 0.146 e. The van der Waals surface area contributed by atoms with E-state index in [9.17, 15) is 0 Å². The predicted octanol–water partition coefficient (Wildman–Crippen LogP) is 13.5. The van der Waals surface area contributed by atoms with Crippen LogP contribution in [0.5, 0.6) is 0 Å². The Hall–Kier alpha value is -6.97. The van der Waals surface area contributed by atoms with E-state index in [0.29, 0.717) is 0 Å². The van der Waals surface area contributed by atoms with Crippen LogP contribution in [-0.4, -0.2) is 9.38 Å². The van der Waals surface area contributed by atoms with Crippen molar-refractivity contribution in [1.29, 1.82) is 0 Å². The number of fused-ring (bicyclic) bond motifs is 14. The monoisotopic (exact) mass is 660 g/mol. The van der Waals surface area contributed by atoms with Gasteiger partial charge in [0.05, 0.1) is 16.6 Å². The predicted molar refractivity (Wildman–Crippen MR) is 218 cm³/mol. The van der Waals surface area contributed by atoms with E-state index in [4.69, 9.17) is 9.40 Å². The van der Waals surface area contributed by atoms with Crippen LogP contribution in [-0.2, 0) is 0 Å². The van der Waals surface area contributed by atoms with Crippen LogP contribution in [0, 0.1) is 0 Å². The van der Waals surface area contributed by atoms with Crippen molar-refractivity contribution in [2.75, 3.05) is 0 Å². The van der Waals surface area contributed by atoms with Gasteiger partial charge in [0.15, 0.2) is 0 Å². The Bertz CT molecular complexity index is 3420. The molecule has 0 unspecified atom stereocenters. The van der Waals surface area contributed by atoms with Crippen LogP contribution >= 0.6 is 0 Å². The van der Waals surface area contributed by atoms with Crippen LogP contribution in [0.25, 0.3) is 115 Å². The van der Waals surface area contributed by atoms with Gasteiger partial charge < -0.3 is 4.42 Å². The van der Waals surface area contributed by atoms with Crippen LogP contribution < -0.4 is 0 Å². The molecule has 0 aliphatic carbocycles. The zero-order chi connectivity index (χ0) is 33.9. The third-order valence-corrected chi connectivity index (χ3v) is 11.1. The van der Waals surface area contributed by atoms with Crippen molar-refractivity contribution < 1.29 is 4.42 Å². The molecule has 12 aromatic rings. The van der Waals surface area contributed by atoms with E-state index in [2.05, 4.69) is 174 Å². The molecule has 3 nitrogen and oxygen atoms in total. The summed E-state index contributed by atoms with van der Waals surface area (Å²) in [6.45, 7) is 0. The molecule has 12 rings (SSSR count). The number of aromatic nitrogens is 2. The lowest BCUT2D eigenvalue weighted by atomic mass is 9.85. The standard InChI is InChI=1S/C49H28N2O/c1-2-12-30-27-46-41(25-29(30)11-1)34-23-21-32(28-45(34)52-46)48-37-16-6-4-14-35(37)47(36-15-5-7-17-38(36)48)31-22-24-43-40(26-31)33-13-3-8-18-39(33)49-50-42-19-9-10-20-44(42)51(43)49/h1-28H. The number of imidazole rings is 1. The zero-order valence-corrected chi connectivity index (χ0v) is 28.0. The van der Waals surface area contributed by atoms with Crippen LogP contribution in [0.15, 0.2) is 174 Å². The summed E-state index contributed by atoms with van der Waals surface area (Å²) >= 11 is 0. The molecule has 0 saturated carbocycles. The van der Waals surface area contributed by atoms with Crippen LogP contribution in [0.1, 0.15) is 0 Å². The Balaban J connectivity index is 1.14. The van der Waals surface area contributed by atoms with Gasteiger partial charge in [-0.25, -0.2) is 4.98 Å². The van der Waals surface area contributed by atoms with Gasteiger partial charge in [-0.05, 0) is 108 Å². The number of para-hydroxylation sites is 2. The van der Waals surface area contributed by atoms with Crippen LogP contribution in [0.3, 0.4) is 0 Å². The van der Waals surface area contributed by atoms with E-state index < -0.39 is 0 Å². The average Bonchev–Trinajstić information content (AvgIpc) is 3.77. The topological polar surface area (TPSA) is 30.4 Å². The second kappa shape index (κ2) is 10.3. The second-order valence-corrected chi connectivity index (χ2v) is 13.9. The normalized spacial score (nSPS) is 12.2. The molecule has 0 aliphatic heterocycles. The summed E-state index contributed by atoms with van der Waals surface area (Å²) in [5.74, 6) is 0. The van der Waals surface area contributed by atoms with Gasteiger partial charge in [-0.15, -0.1) is 0 Å². The van der Waals surface area contributed by atoms with Crippen LogP contribution in [0.2, 0.25) is 0 Å². The molecule has 3 heteroatoms. The lowest BCUT2D eigenvalue weighted by Gasteiger charge is -2.18. The number of benzene rings is 9. The van der Waals surface area contributed by atoms with Crippen molar-refractivity contribution in [3.63, 3.8) is 0 Å². The lowest BCUT2D eigenvalue weighted by molar-refractivity contribution is 0.669. The van der Waals surface area contributed by atoms with Gasteiger partial charge in [0, 0.05) is 21.5 Å². The smallest absolute Gasteiger partial charge is 0.146 e. The number of nitrogens with zero attached hydrogens (tertiary/aromatic N) is 2. The first-order valence-corrected chi connectivity index (χ1v) is 17.8. The molecule has 0 spiro atoms. The molecular formula is C49H28N2O. The molecule has 0 fully saturated rings. The van der Waals surface area contributed by atoms with Crippen molar-refractivity contribution >= 4 is 92.6 Å². The van der Waals surface area contributed by atoms with E-state index >= 15 is 0 Å². The maximum absolute atomic E-state index is 6.56. The first-order valence-electron chi connectivity index (χ1n) is 17.8. The van der Waals surface area contributed by atoms with Gasteiger partial charge in [0.25, 0.3) is 0 Å². The van der Waals surface area contributed by atoms with Gasteiger partial charge in [0.2, 0.25) is 0 Å². The fourth-order valence-electron chi connectivity index (χ4n) is 8.83. The molecule has 0 N–H and O–H groups in total. The molecule has 0 aliphatic rings. The van der Waals surface area contributed by atoms with E-state index in [1.165, 1.54) is 59.8 Å². The van der Waals surface area contributed by atoms with Crippen LogP contribution in [0.4, 0.5) is 0 Å². The van der Waals surface area contributed by atoms with Crippen molar-refractivity contribution in [2.24, 2.45) is 0 Å². The number of furan rings is 1. The van der Waals surface area contributed by atoms with Gasteiger partial charge in [-0.2, -0.15) is 0 Å². The van der Waals surface area contributed by atoms with Gasteiger partial charge in [-0.3, -0.25) is 4.40 Å². The molecule has 9 aromatic carbocycles. The third kappa shape index (κ3) is 3.77. The minimum atomic E-state index is 0.903. The Labute approximate surface area is 297 Å². The highest BCUT2D eigenvalue weighted by atomic mass is 16.3. The fourth-order valence-corrected chi connectivity index (χ4v) is 8.83. The quantitative estimate of drug-likeness (QED) is 0.136. The summed E-state index contributed by atoms with van der Waals surface area (Å²) in [7, 11) is 0. The summed E-state index contributed by atoms with van der Waals surface area (Å²) < 4.78 is 8.89. The molecule has 3 heterocycles. The summed E-state index contributed by atoms with van der Waals surface area (Å²) in [6, 6.07) is 61.5. The molecule has 52 heavy (non-hydrogen) atoms. The molecule has 0 atom stereocenters. The largest absolute Gasteiger partial charge is 0.456 e. The summed E-state index contributed by atoms with van der Waals surface area (Å²) in [6.07, 6.45) is 0. The first kappa shape index (κ1) is 27.8. The molecule has 0 bridgehead atoms. The summed E-state index contributed by atoms with van der Waals surface area (Å²) in [5.41, 5.74) is 10.9. The highest BCUT2D eigenvalue weighted by Gasteiger charge is 2.20. The Morgan fingerprint density at radius 3 is 1.65 bits per heavy atom. The molecule has 3 aromatic heterocycles. The average molecular weight is 661 g/mol. The van der Waals surface area contributed by atoms with E-state index in [1.807, 2.05) is 0 Å². The van der Waals surface area contributed by atoms with Crippen molar-refractivity contribution in [3.05, 3.63) is 170 Å². The van der Waals surface area contributed by atoms with Gasteiger partial charge in [-0.1, -0.05) is 121 Å². The minimum absolute atomic E-state index is 0.903. The Kier molecular flexibility index (Phi) is 5.50. The minimum Gasteiger partial charge on any atom is -0.456 e. The lowest BCUT2D eigenvalue weighted by Crippen LogP contribution is -1.94. The van der Waals surface area contributed by atoms with Crippen molar-refractivity contribution in [1.82, 2.24) is 9.38 Å². The number of hydrogen-bond acceptors (Lipinski definition) is 2. The highest BCUT2D eigenvalue weighted by Crippen LogP contribution is 2.46. The zero-order valence-electron chi connectivity index (χ0n) is 28.0. The number of rotatable bonds is 2. The second-order valence-electron chi connectivity index (χ2n) is 13.9. The molecule has 0 radical (unpaired) electrons. The Morgan fingerprint density at radius 1 is 0.365 bits per heavy atom. The molecule has 0 saturated heterocycles. The number of hydrogen-bond donors (Lipinski definition) is 0. The fraction of sp³-hybridized carbons (Fsp3) is 0. The molecular weight excluding hydrogens is 633 g/mol. The van der Waals surface area contributed by atoms with E-state index in [-0.39, 0.29) is 0 Å². The Morgan fingerprint density at radius 2 is 0.923 bits per heavy atom. The first-order chi connectivity index (χ1) is 25.8. The van der Waals surface area contributed by atoms with Gasteiger partial charge >= 0.3 is 0 Å². The molecule has 0 amide bonds. The van der Waals surface area contributed by atoms with Crippen molar-refractivity contribution in [2.45, 2.75) is 0 Å². The SMILES string of the molecule is c1ccc2cc3c(cc2c1)oc1cc(-c2c4ccccc4c(-c4ccc5c(c4)c4ccccc4c4nc6ccccc6n54)c4ccccc24)ccc13. The van der Waals surface area contributed by atoms with E-state index in [1.54, 1.807) is 0 Å². The number of pyridine rings is 1. The van der Waals surface area contributed by atoms with Gasteiger partial charge in [0.1, 0.15) is 16.8 Å².